The molecule has 166 valence electrons. The Labute approximate surface area is 179 Å². The number of hydrogen-bond donors (Lipinski definition) is 2. The Morgan fingerprint density at radius 2 is 1.34 bits per heavy atom. The van der Waals surface area contributed by atoms with E-state index in [2.05, 4.69) is 45.1 Å². The van der Waals surface area contributed by atoms with Crippen LogP contribution in [0.15, 0.2) is 24.3 Å². The average molecular weight is 404 g/mol. The molecule has 29 heavy (non-hydrogen) atoms. The van der Waals surface area contributed by atoms with E-state index in [0.717, 1.165) is 18.4 Å². The zero-order chi connectivity index (χ0) is 21.5. The Morgan fingerprint density at radius 3 is 1.83 bits per heavy atom. The molecular formula is C26H45NO2. The van der Waals surface area contributed by atoms with Crippen molar-refractivity contribution in [2.45, 2.75) is 116 Å². The first-order valence-corrected chi connectivity index (χ1v) is 11.9. The molecule has 0 aromatic heterocycles. The highest BCUT2D eigenvalue weighted by atomic mass is 16.3. The van der Waals surface area contributed by atoms with Gasteiger partial charge in [0.2, 0.25) is 5.91 Å². The van der Waals surface area contributed by atoms with Gasteiger partial charge >= 0.3 is 0 Å². The summed E-state index contributed by atoms with van der Waals surface area (Å²) in [5.74, 6) is 0.0475. The number of carbonyl (C=O) groups excluding carboxylic acids is 1. The van der Waals surface area contributed by atoms with Gasteiger partial charge in [0.05, 0.1) is 6.10 Å². The van der Waals surface area contributed by atoms with E-state index in [1.165, 1.54) is 63.4 Å². The summed E-state index contributed by atoms with van der Waals surface area (Å²) in [6.45, 7) is 9.06. The Morgan fingerprint density at radius 1 is 0.862 bits per heavy atom. The summed E-state index contributed by atoms with van der Waals surface area (Å²) in [7, 11) is 0. The van der Waals surface area contributed by atoms with Crippen molar-refractivity contribution in [3.63, 3.8) is 0 Å². The lowest BCUT2D eigenvalue weighted by Crippen LogP contribution is -2.28. The van der Waals surface area contributed by atoms with Crippen LogP contribution in [0, 0.1) is 0 Å². The third-order valence-corrected chi connectivity index (χ3v) is 5.66. The van der Waals surface area contributed by atoms with Crippen molar-refractivity contribution in [2.75, 3.05) is 6.54 Å². The van der Waals surface area contributed by atoms with Gasteiger partial charge in [-0.25, -0.2) is 0 Å². The van der Waals surface area contributed by atoms with Crippen LogP contribution in [0.3, 0.4) is 0 Å². The number of carbonyl (C=O) groups is 1. The third kappa shape index (κ3) is 12.1. The maximum Gasteiger partial charge on any atom is 0.220 e. The van der Waals surface area contributed by atoms with Gasteiger partial charge in [-0.3, -0.25) is 4.79 Å². The standard InChI is InChI=1S/C26H45NO2/c1-5-6-7-8-9-10-11-12-13-14-15-16-25(29)27-21-24(28)22-17-19-23(20-18-22)26(2,3)4/h17-20,24,28H,5-16,21H2,1-4H3,(H,27,29). The quantitative estimate of drug-likeness (QED) is 0.315. The minimum absolute atomic E-state index is 0.0475. The number of aliphatic hydroxyl groups is 1. The molecule has 1 rings (SSSR count). The zero-order valence-corrected chi connectivity index (χ0v) is 19.4. The lowest BCUT2D eigenvalue weighted by molar-refractivity contribution is -0.121. The topological polar surface area (TPSA) is 49.3 Å². The smallest absolute Gasteiger partial charge is 0.220 e. The Kier molecular flexibility index (Phi) is 12.9. The second-order valence-electron chi connectivity index (χ2n) is 9.48. The van der Waals surface area contributed by atoms with Crippen LogP contribution in [0.5, 0.6) is 0 Å². The maximum atomic E-state index is 12.0. The molecule has 0 fully saturated rings. The van der Waals surface area contributed by atoms with Gasteiger partial charge in [0.25, 0.3) is 0 Å². The van der Waals surface area contributed by atoms with Gasteiger partial charge in [-0.15, -0.1) is 0 Å². The monoisotopic (exact) mass is 403 g/mol. The number of aliphatic hydroxyl groups excluding tert-OH is 1. The van der Waals surface area contributed by atoms with Crippen molar-refractivity contribution < 1.29 is 9.90 Å². The van der Waals surface area contributed by atoms with Crippen LogP contribution < -0.4 is 5.32 Å². The minimum Gasteiger partial charge on any atom is -0.387 e. The van der Waals surface area contributed by atoms with Gasteiger partial charge in [-0.2, -0.15) is 0 Å². The number of unbranched alkanes of at least 4 members (excludes halogenated alkanes) is 10. The molecule has 3 nitrogen and oxygen atoms in total. The lowest BCUT2D eigenvalue weighted by atomic mass is 9.86. The molecule has 0 aliphatic rings. The summed E-state index contributed by atoms with van der Waals surface area (Å²) in [6, 6.07) is 8.04. The van der Waals surface area contributed by atoms with E-state index in [0.29, 0.717) is 6.42 Å². The van der Waals surface area contributed by atoms with E-state index >= 15 is 0 Å². The van der Waals surface area contributed by atoms with Crippen LogP contribution >= 0.6 is 0 Å². The predicted molar refractivity (Wildman–Crippen MR) is 124 cm³/mol. The number of nitrogens with one attached hydrogen (secondary N) is 1. The summed E-state index contributed by atoms with van der Waals surface area (Å²) < 4.78 is 0. The van der Waals surface area contributed by atoms with E-state index < -0.39 is 6.10 Å². The van der Waals surface area contributed by atoms with Gasteiger partial charge in [0, 0.05) is 13.0 Å². The molecule has 0 saturated heterocycles. The van der Waals surface area contributed by atoms with Crippen molar-refractivity contribution in [3.8, 4) is 0 Å². The van der Waals surface area contributed by atoms with E-state index in [-0.39, 0.29) is 17.9 Å². The molecule has 1 atom stereocenters. The van der Waals surface area contributed by atoms with Crippen molar-refractivity contribution in [2.24, 2.45) is 0 Å². The summed E-state index contributed by atoms with van der Waals surface area (Å²) in [5, 5.41) is 13.2. The summed E-state index contributed by atoms with van der Waals surface area (Å²) >= 11 is 0. The largest absolute Gasteiger partial charge is 0.387 e. The third-order valence-electron chi connectivity index (χ3n) is 5.66. The van der Waals surface area contributed by atoms with Gasteiger partial charge < -0.3 is 10.4 Å². The Balaban J connectivity index is 2.06. The maximum absolute atomic E-state index is 12.0. The highest BCUT2D eigenvalue weighted by Gasteiger charge is 2.15. The molecule has 3 heteroatoms. The molecule has 0 bridgehead atoms. The molecule has 2 N–H and O–H groups in total. The van der Waals surface area contributed by atoms with E-state index in [4.69, 9.17) is 0 Å². The predicted octanol–water partition coefficient (Wildman–Crippen LogP) is 6.83. The first-order valence-electron chi connectivity index (χ1n) is 11.9. The number of rotatable bonds is 15. The molecule has 0 spiro atoms. The molecule has 0 saturated carbocycles. The zero-order valence-electron chi connectivity index (χ0n) is 19.4. The van der Waals surface area contributed by atoms with Gasteiger partial charge in [0.15, 0.2) is 0 Å². The molecular weight excluding hydrogens is 358 g/mol. The first kappa shape index (κ1) is 25.7. The first-order chi connectivity index (χ1) is 13.8. The Hall–Kier alpha value is -1.35. The van der Waals surface area contributed by atoms with Crippen molar-refractivity contribution in [1.29, 1.82) is 0 Å². The van der Waals surface area contributed by atoms with Crippen LogP contribution in [0.25, 0.3) is 0 Å². The van der Waals surface area contributed by atoms with Crippen LogP contribution in [-0.2, 0) is 10.2 Å². The number of amides is 1. The minimum atomic E-state index is -0.648. The van der Waals surface area contributed by atoms with E-state index in [9.17, 15) is 9.90 Å². The highest BCUT2D eigenvalue weighted by molar-refractivity contribution is 5.75. The molecule has 1 aromatic carbocycles. The van der Waals surface area contributed by atoms with Crippen LogP contribution in [0.1, 0.15) is 122 Å². The summed E-state index contributed by atoms with van der Waals surface area (Å²) in [6.07, 6.45) is 14.0. The second-order valence-corrected chi connectivity index (χ2v) is 9.48. The fourth-order valence-electron chi connectivity index (χ4n) is 3.57. The van der Waals surface area contributed by atoms with E-state index in [1.807, 2.05) is 12.1 Å². The summed E-state index contributed by atoms with van der Waals surface area (Å²) in [5.41, 5.74) is 2.20. The second kappa shape index (κ2) is 14.6. The summed E-state index contributed by atoms with van der Waals surface area (Å²) in [4.78, 5) is 12.0. The molecule has 0 aliphatic heterocycles. The fourth-order valence-corrected chi connectivity index (χ4v) is 3.57. The molecule has 1 amide bonds. The molecule has 0 aliphatic carbocycles. The lowest BCUT2D eigenvalue weighted by Gasteiger charge is -2.20. The van der Waals surface area contributed by atoms with Gasteiger partial charge in [-0.05, 0) is 23.0 Å². The van der Waals surface area contributed by atoms with Crippen LogP contribution in [-0.4, -0.2) is 17.6 Å². The molecule has 1 aromatic rings. The van der Waals surface area contributed by atoms with E-state index in [1.54, 1.807) is 0 Å². The van der Waals surface area contributed by atoms with Crippen LogP contribution in [0.2, 0.25) is 0 Å². The number of benzene rings is 1. The fraction of sp³-hybridized carbons (Fsp3) is 0.731. The Bertz CT molecular complexity index is 545. The normalized spacial score (nSPS) is 12.7. The van der Waals surface area contributed by atoms with Crippen molar-refractivity contribution >= 4 is 5.91 Å². The van der Waals surface area contributed by atoms with Gasteiger partial charge in [-0.1, -0.05) is 116 Å². The molecule has 0 radical (unpaired) electrons. The van der Waals surface area contributed by atoms with Crippen LogP contribution in [0.4, 0.5) is 0 Å². The van der Waals surface area contributed by atoms with Crippen molar-refractivity contribution in [3.05, 3.63) is 35.4 Å². The molecule has 0 heterocycles. The van der Waals surface area contributed by atoms with Crippen molar-refractivity contribution in [1.82, 2.24) is 5.32 Å². The van der Waals surface area contributed by atoms with Gasteiger partial charge in [0.1, 0.15) is 0 Å². The molecule has 1 unspecified atom stereocenters. The average Bonchev–Trinajstić information content (AvgIpc) is 2.69. The number of hydrogen-bond acceptors (Lipinski definition) is 2. The SMILES string of the molecule is CCCCCCCCCCCCCC(=O)NCC(O)c1ccc(C(C)(C)C)cc1. The highest BCUT2D eigenvalue weighted by Crippen LogP contribution is 2.23.